The van der Waals surface area contributed by atoms with Crippen LogP contribution in [-0.4, -0.2) is 60.3 Å². The predicted molar refractivity (Wildman–Crippen MR) is 113 cm³/mol. The summed E-state index contributed by atoms with van der Waals surface area (Å²) in [5, 5.41) is 25.5. The third-order valence-corrected chi connectivity index (χ3v) is 7.63. The molecule has 4 rings (SSSR count). The SMILES string of the molecule is Cc1onc(-c2c(Cl)ccc(O)c2Cl)c1C(=O)N[C@@H]1C(=O)N2[C@@H]1SC(C)(C)[C@@H]2C(=O)O. The van der Waals surface area contributed by atoms with Crippen LogP contribution in [0, 0.1) is 6.92 Å². The minimum Gasteiger partial charge on any atom is -0.506 e. The number of carbonyl (C=O) groups is 3. The number of nitrogens with zero attached hydrogens (tertiary/aromatic N) is 2. The van der Waals surface area contributed by atoms with E-state index >= 15 is 0 Å². The zero-order valence-electron chi connectivity index (χ0n) is 16.5. The van der Waals surface area contributed by atoms with Gasteiger partial charge in [0.1, 0.15) is 40.2 Å². The standard InChI is InChI=1S/C19H17Cl2N3O6S/c1-6-9(12(23-30-6)10-7(20)4-5-8(25)11(10)21)15(26)22-13-16(27)24-14(18(28)29)19(2,3)31-17(13)24/h4-5,13-14,17,25H,1-3H3,(H,22,26)(H,28,29)/t13-,14+,17-/m1/s1. The molecule has 1 aromatic carbocycles. The molecule has 9 nitrogen and oxygen atoms in total. The quantitative estimate of drug-likeness (QED) is 0.562. The van der Waals surface area contributed by atoms with Gasteiger partial charge < -0.3 is 25.0 Å². The van der Waals surface area contributed by atoms with Gasteiger partial charge in [-0.25, -0.2) is 4.79 Å². The van der Waals surface area contributed by atoms with E-state index in [9.17, 15) is 24.6 Å². The van der Waals surface area contributed by atoms with E-state index in [0.29, 0.717) is 0 Å². The minimum absolute atomic E-state index is 0.0118. The highest BCUT2D eigenvalue weighted by molar-refractivity contribution is 8.01. The molecule has 2 saturated heterocycles. The number of thioether (sulfide) groups is 1. The van der Waals surface area contributed by atoms with Crippen molar-refractivity contribution in [1.29, 1.82) is 0 Å². The van der Waals surface area contributed by atoms with Crippen molar-refractivity contribution in [1.82, 2.24) is 15.4 Å². The Morgan fingerprint density at radius 3 is 2.65 bits per heavy atom. The summed E-state index contributed by atoms with van der Waals surface area (Å²) in [6.45, 7) is 5.00. The summed E-state index contributed by atoms with van der Waals surface area (Å²) in [6.07, 6.45) is 0. The molecule has 164 valence electrons. The molecule has 0 bridgehead atoms. The maximum atomic E-state index is 13.1. The third kappa shape index (κ3) is 3.24. The molecule has 2 aliphatic rings. The van der Waals surface area contributed by atoms with Crippen molar-refractivity contribution in [3.8, 4) is 17.0 Å². The van der Waals surface area contributed by atoms with Gasteiger partial charge in [-0.05, 0) is 32.9 Å². The Morgan fingerprint density at radius 1 is 1.32 bits per heavy atom. The molecule has 0 spiro atoms. The molecule has 3 atom stereocenters. The van der Waals surface area contributed by atoms with Crippen molar-refractivity contribution in [2.45, 2.75) is 43.0 Å². The second kappa shape index (κ2) is 7.32. The molecule has 0 radical (unpaired) electrons. The zero-order valence-corrected chi connectivity index (χ0v) is 18.8. The Bertz CT molecular complexity index is 1130. The first-order valence-corrected chi connectivity index (χ1v) is 10.8. The molecule has 31 heavy (non-hydrogen) atoms. The van der Waals surface area contributed by atoms with Crippen molar-refractivity contribution in [2.24, 2.45) is 0 Å². The van der Waals surface area contributed by atoms with Crippen molar-refractivity contribution < 1.29 is 29.1 Å². The topological polar surface area (TPSA) is 133 Å². The molecule has 3 N–H and O–H groups in total. The normalized spacial score (nSPS) is 24.0. The van der Waals surface area contributed by atoms with Gasteiger partial charge in [0.25, 0.3) is 5.91 Å². The number of phenolic OH excluding ortho intramolecular Hbond substituents is 1. The average Bonchev–Trinajstić information content (AvgIpc) is 3.18. The first-order chi connectivity index (χ1) is 14.5. The van der Waals surface area contributed by atoms with Gasteiger partial charge in [0, 0.05) is 10.3 Å². The number of halogens is 2. The second-order valence-electron chi connectivity index (χ2n) is 7.77. The van der Waals surface area contributed by atoms with Crippen molar-refractivity contribution in [3.05, 3.63) is 33.5 Å². The Morgan fingerprint density at radius 2 is 2.00 bits per heavy atom. The van der Waals surface area contributed by atoms with Gasteiger partial charge in [-0.15, -0.1) is 11.8 Å². The average molecular weight is 486 g/mol. The zero-order chi connectivity index (χ0) is 22.8. The maximum Gasteiger partial charge on any atom is 0.327 e. The number of carboxylic acid groups (broad SMARTS) is 1. The van der Waals surface area contributed by atoms with Gasteiger partial charge >= 0.3 is 5.97 Å². The smallest absolute Gasteiger partial charge is 0.327 e. The lowest BCUT2D eigenvalue weighted by Gasteiger charge is -2.43. The number of aromatic nitrogens is 1. The second-order valence-corrected chi connectivity index (χ2v) is 10.3. The Hall–Kier alpha value is -2.43. The number of aromatic hydroxyl groups is 1. The van der Waals surface area contributed by atoms with E-state index in [-0.39, 0.29) is 38.4 Å². The van der Waals surface area contributed by atoms with Crippen molar-refractivity contribution in [2.75, 3.05) is 0 Å². The van der Waals surface area contributed by atoms with E-state index < -0.39 is 40.0 Å². The number of hydrogen-bond donors (Lipinski definition) is 3. The molecule has 2 aromatic rings. The summed E-state index contributed by atoms with van der Waals surface area (Å²) in [5.74, 6) is -2.31. The molecular formula is C19H17Cl2N3O6S. The monoisotopic (exact) mass is 485 g/mol. The Kier molecular flexibility index (Phi) is 5.14. The summed E-state index contributed by atoms with van der Waals surface area (Å²) >= 11 is 13.7. The van der Waals surface area contributed by atoms with Crippen LogP contribution in [0.25, 0.3) is 11.3 Å². The lowest BCUT2D eigenvalue weighted by molar-refractivity contribution is -0.159. The number of aliphatic carboxylic acids is 1. The predicted octanol–water partition coefficient (Wildman–Crippen LogP) is 2.91. The van der Waals surface area contributed by atoms with Crippen LogP contribution in [0.15, 0.2) is 16.7 Å². The van der Waals surface area contributed by atoms with Gasteiger partial charge in [-0.3, -0.25) is 9.59 Å². The van der Waals surface area contributed by atoms with Crippen LogP contribution in [0.5, 0.6) is 5.75 Å². The van der Waals surface area contributed by atoms with Crippen LogP contribution < -0.4 is 5.32 Å². The van der Waals surface area contributed by atoms with Gasteiger partial charge in [-0.1, -0.05) is 28.4 Å². The lowest BCUT2D eigenvalue weighted by Crippen LogP contribution is -2.70. The number of carbonyl (C=O) groups excluding carboxylic acids is 2. The number of benzene rings is 1. The summed E-state index contributed by atoms with van der Waals surface area (Å²) in [5.41, 5.74) is 0.152. The van der Waals surface area contributed by atoms with E-state index in [1.54, 1.807) is 13.8 Å². The molecule has 3 heterocycles. The van der Waals surface area contributed by atoms with E-state index in [0.717, 1.165) is 0 Å². The van der Waals surface area contributed by atoms with Gasteiger partial charge in [0.2, 0.25) is 5.91 Å². The number of carboxylic acids is 1. The number of fused-ring (bicyclic) bond motifs is 1. The molecular weight excluding hydrogens is 469 g/mol. The Balaban J connectivity index is 1.64. The highest BCUT2D eigenvalue weighted by atomic mass is 35.5. The molecule has 2 amide bonds. The summed E-state index contributed by atoms with van der Waals surface area (Å²) < 4.78 is 4.45. The Labute approximate surface area is 190 Å². The molecule has 0 unspecified atom stereocenters. The number of amides is 2. The van der Waals surface area contributed by atoms with E-state index in [4.69, 9.17) is 27.7 Å². The summed E-state index contributed by atoms with van der Waals surface area (Å²) in [7, 11) is 0. The number of nitrogens with one attached hydrogen (secondary N) is 1. The van der Waals surface area contributed by atoms with Crippen molar-refractivity contribution >= 4 is 52.7 Å². The minimum atomic E-state index is -1.09. The fourth-order valence-electron chi connectivity index (χ4n) is 3.93. The molecule has 2 fully saturated rings. The van der Waals surface area contributed by atoms with E-state index in [2.05, 4.69) is 10.5 Å². The third-order valence-electron chi connectivity index (χ3n) is 5.36. The molecule has 2 aliphatic heterocycles. The lowest BCUT2D eigenvalue weighted by atomic mass is 9.95. The molecule has 12 heteroatoms. The number of phenols is 1. The number of β-lactam (4-membered cyclic amide) rings is 1. The van der Waals surface area contributed by atoms with Crippen LogP contribution in [0.4, 0.5) is 0 Å². The number of rotatable bonds is 4. The number of aryl methyl sites for hydroxylation is 1. The van der Waals surface area contributed by atoms with Crippen LogP contribution in [-0.2, 0) is 9.59 Å². The first-order valence-electron chi connectivity index (χ1n) is 9.13. The fraction of sp³-hybridized carbons (Fsp3) is 0.368. The van der Waals surface area contributed by atoms with E-state index in [1.165, 1.54) is 35.7 Å². The largest absolute Gasteiger partial charge is 0.506 e. The van der Waals surface area contributed by atoms with Crippen LogP contribution in [0.2, 0.25) is 10.0 Å². The van der Waals surface area contributed by atoms with E-state index in [1.807, 2.05) is 0 Å². The van der Waals surface area contributed by atoms with Crippen LogP contribution >= 0.6 is 35.0 Å². The summed E-state index contributed by atoms with van der Waals surface area (Å²) in [6, 6.07) is 0.820. The van der Waals surface area contributed by atoms with Gasteiger partial charge in [0.05, 0.1) is 10.0 Å². The highest BCUT2D eigenvalue weighted by Crippen LogP contribution is 2.51. The molecule has 0 saturated carbocycles. The molecule has 0 aliphatic carbocycles. The summed E-state index contributed by atoms with van der Waals surface area (Å²) in [4.78, 5) is 38.7. The van der Waals surface area contributed by atoms with Gasteiger partial charge in [-0.2, -0.15) is 0 Å². The first kappa shape index (κ1) is 21.8. The van der Waals surface area contributed by atoms with Gasteiger partial charge in [0.15, 0.2) is 0 Å². The fourth-order valence-corrected chi connectivity index (χ4v) is 6.10. The molecule has 1 aromatic heterocycles. The highest BCUT2D eigenvalue weighted by Gasteiger charge is 2.64. The maximum absolute atomic E-state index is 13.1. The van der Waals surface area contributed by atoms with Crippen LogP contribution in [0.1, 0.15) is 30.0 Å². The van der Waals surface area contributed by atoms with Crippen LogP contribution in [0.3, 0.4) is 0 Å². The van der Waals surface area contributed by atoms with Crippen molar-refractivity contribution in [3.63, 3.8) is 0 Å². The number of hydrogen-bond acceptors (Lipinski definition) is 7.